The van der Waals surface area contributed by atoms with E-state index in [0.29, 0.717) is 11.3 Å². The number of ether oxygens (including phenoxy) is 2. The molecule has 1 fully saturated rings. The standard InChI is InChI=1S/C28H28N4O7S/c1-4-21(33)20-15-40-27(29-20)31-25(35)24(16(2)17-8-6-5-7-9-17)32-26(36)23(30-28(32)37)18-10-12-19(13-11-18)39-14-22(34)38-3/h5-13,15-16,23-24H,4,14H2,1-3H3,(H,30,37)(H,29,31,35)/t16-,23+,24-/m0/s1. The third-order valence-electron chi connectivity index (χ3n) is 6.46. The van der Waals surface area contributed by atoms with Gasteiger partial charge in [0, 0.05) is 17.7 Å². The normalized spacial score (nSPS) is 16.2. The van der Waals surface area contributed by atoms with Gasteiger partial charge in [0.1, 0.15) is 23.5 Å². The van der Waals surface area contributed by atoms with Gasteiger partial charge < -0.3 is 20.1 Å². The maximum Gasteiger partial charge on any atom is 0.343 e. The van der Waals surface area contributed by atoms with Crippen molar-refractivity contribution in [2.24, 2.45) is 0 Å². The molecule has 1 saturated heterocycles. The Labute approximate surface area is 234 Å². The summed E-state index contributed by atoms with van der Waals surface area (Å²) in [5.41, 5.74) is 1.46. The Morgan fingerprint density at radius 1 is 1.10 bits per heavy atom. The SMILES string of the molecule is CCC(=O)c1csc(NC(=O)[C@H]([C@@H](C)c2ccccc2)N2C(=O)N[C@H](c3ccc(OCC(=O)OC)cc3)C2=O)n1. The number of carbonyl (C=O) groups excluding carboxylic acids is 5. The van der Waals surface area contributed by atoms with Crippen molar-refractivity contribution >= 4 is 46.1 Å². The summed E-state index contributed by atoms with van der Waals surface area (Å²) in [6.07, 6.45) is 0.271. The summed E-state index contributed by atoms with van der Waals surface area (Å²) >= 11 is 1.09. The summed E-state index contributed by atoms with van der Waals surface area (Å²) < 4.78 is 9.89. The van der Waals surface area contributed by atoms with Crippen molar-refractivity contribution in [2.75, 3.05) is 19.0 Å². The van der Waals surface area contributed by atoms with E-state index in [1.54, 1.807) is 43.5 Å². The molecule has 3 atom stereocenters. The molecule has 208 valence electrons. The first kappa shape index (κ1) is 28.4. The van der Waals surface area contributed by atoms with Gasteiger partial charge in [-0.2, -0.15) is 0 Å². The van der Waals surface area contributed by atoms with Crippen molar-refractivity contribution in [3.63, 3.8) is 0 Å². The number of imide groups is 1. The van der Waals surface area contributed by atoms with E-state index in [1.165, 1.54) is 7.11 Å². The van der Waals surface area contributed by atoms with Gasteiger partial charge >= 0.3 is 12.0 Å². The number of methoxy groups -OCH3 is 1. The number of urea groups is 1. The molecule has 4 amide bonds. The smallest absolute Gasteiger partial charge is 0.343 e. The van der Waals surface area contributed by atoms with E-state index in [0.717, 1.165) is 21.8 Å². The van der Waals surface area contributed by atoms with Crippen LogP contribution in [0.1, 0.15) is 53.8 Å². The van der Waals surface area contributed by atoms with Gasteiger partial charge in [0.05, 0.1) is 7.11 Å². The first-order chi connectivity index (χ1) is 19.2. The average Bonchev–Trinajstić information content (AvgIpc) is 3.56. The molecule has 0 bridgehead atoms. The molecule has 0 unspecified atom stereocenters. The molecule has 1 aliphatic rings. The van der Waals surface area contributed by atoms with Gasteiger partial charge in [-0.3, -0.25) is 14.4 Å². The minimum atomic E-state index is -1.21. The summed E-state index contributed by atoms with van der Waals surface area (Å²) in [4.78, 5) is 68.9. The quantitative estimate of drug-likeness (QED) is 0.204. The van der Waals surface area contributed by atoms with E-state index in [2.05, 4.69) is 20.4 Å². The van der Waals surface area contributed by atoms with Crippen LogP contribution in [0.4, 0.5) is 9.93 Å². The zero-order valence-corrected chi connectivity index (χ0v) is 22.9. The van der Waals surface area contributed by atoms with Crippen LogP contribution in [0.15, 0.2) is 60.0 Å². The fraction of sp³-hybridized carbons (Fsp3) is 0.286. The summed E-state index contributed by atoms with van der Waals surface area (Å²) in [7, 11) is 1.25. The van der Waals surface area contributed by atoms with E-state index in [-0.39, 0.29) is 29.6 Å². The highest BCUT2D eigenvalue weighted by molar-refractivity contribution is 7.14. The highest BCUT2D eigenvalue weighted by Crippen LogP contribution is 2.32. The second-order valence-corrected chi connectivity index (χ2v) is 9.83. The highest BCUT2D eigenvalue weighted by Gasteiger charge is 2.47. The van der Waals surface area contributed by atoms with Crippen LogP contribution in [0.25, 0.3) is 0 Å². The first-order valence-corrected chi connectivity index (χ1v) is 13.4. The van der Waals surface area contributed by atoms with Gasteiger partial charge in [-0.15, -0.1) is 11.3 Å². The number of thiazole rings is 1. The number of hydrogen-bond donors (Lipinski definition) is 2. The summed E-state index contributed by atoms with van der Waals surface area (Å²) in [6, 6.07) is 12.4. The molecule has 0 spiro atoms. The molecule has 11 nitrogen and oxygen atoms in total. The molecule has 3 aromatic rings. The number of esters is 1. The van der Waals surface area contributed by atoms with Gasteiger partial charge in [-0.05, 0) is 23.3 Å². The molecular weight excluding hydrogens is 536 g/mol. The molecule has 12 heteroatoms. The van der Waals surface area contributed by atoms with Crippen LogP contribution in [0, 0.1) is 0 Å². The molecule has 0 saturated carbocycles. The lowest BCUT2D eigenvalue weighted by molar-refractivity contribution is -0.142. The predicted octanol–water partition coefficient (Wildman–Crippen LogP) is 3.69. The van der Waals surface area contributed by atoms with E-state index < -0.39 is 41.8 Å². The summed E-state index contributed by atoms with van der Waals surface area (Å²) in [6.45, 7) is 3.20. The van der Waals surface area contributed by atoms with E-state index in [9.17, 15) is 24.0 Å². The Bertz CT molecular complexity index is 1410. The van der Waals surface area contributed by atoms with Crippen molar-refractivity contribution in [1.82, 2.24) is 15.2 Å². The number of nitrogens with one attached hydrogen (secondary N) is 2. The Balaban J connectivity index is 1.59. The topological polar surface area (TPSA) is 144 Å². The number of benzene rings is 2. The van der Waals surface area contributed by atoms with Crippen LogP contribution in [0.2, 0.25) is 0 Å². The molecule has 0 radical (unpaired) electrons. The van der Waals surface area contributed by atoms with Crippen LogP contribution < -0.4 is 15.4 Å². The fourth-order valence-electron chi connectivity index (χ4n) is 4.27. The van der Waals surface area contributed by atoms with E-state index >= 15 is 0 Å². The van der Waals surface area contributed by atoms with Gasteiger partial charge in [0.2, 0.25) is 5.91 Å². The van der Waals surface area contributed by atoms with Crippen LogP contribution in [-0.4, -0.2) is 59.2 Å². The lowest BCUT2D eigenvalue weighted by Crippen LogP contribution is -2.50. The van der Waals surface area contributed by atoms with Gasteiger partial charge in [0.15, 0.2) is 17.5 Å². The second kappa shape index (κ2) is 12.5. The summed E-state index contributed by atoms with van der Waals surface area (Å²) in [5.74, 6) is -2.11. The Kier molecular flexibility index (Phi) is 8.90. The molecular formula is C28H28N4O7S. The molecule has 2 heterocycles. The largest absolute Gasteiger partial charge is 0.482 e. The molecule has 4 rings (SSSR count). The zero-order chi connectivity index (χ0) is 28.8. The Morgan fingerprint density at radius 3 is 2.45 bits per heavy atom. The zero-order valence-electron chi connectivity index (χ0n) is 22.1. The van der Waals surface area contributed by atoms with Crippen LogP contribution in [0.5, 0.6) is 5.75 Å². The third kappa shape index (κ3) is 6.18. The van der Waals surface area contributed by atoms with Crippen molar-refractivity contribution in [3.8, 4) is 5.75 Å². The van der Waals surface area contributed by atoms with Gasteiger partial charge in [-0.1, -0.05) is 56.3 Å². The first-order valence-electron chi connectivity index (χ1n) is 12.5. The predicted molar refractivity (Wildman–Crippen MR) is 146 cm³/mol. The monoisotopic (exact) mass is 564 g/mol. The minimum absolute atomic E-state index is 0.162. The molecule has 2 aromatic carbocycles. The minimum Gasteiger partial charge on any atom is -0.482 e. The van der Waals surface area contributed by atoms with Gasteiger partial charge in [0.25, 0.3) is 5.91 Å². The van der Waals surface area contributed by atoms with Crippen LogP contribution >= 0.6 is 11.3 Å². The number of anilines is 1. The number of rotatable bonds is 11. The molecule has 1 aliphatic heterocycles. The Morgan fingerprint density at radius 2 is 1.80 bits per heavy atom. The highest BCUT2D eigenvalue weighted by atomic mass is 32.1. The summed E-state index contributed by atoms with van der Waals surface area (Å²) in [5, 5.41) is 7.10. The number of ketones is 1. The lowest BCUT2D eigenvalue weighted by Gasteiger charge is -2.29. The van der Waals surface area contributed by atoms with Crippen LogP contribution in [-0.2, 0) is 19.1 Å². The molecule has 1 aromatic heterocycles. The number of carbonyl (C=O) groups is 5. The Hall–Kier alpha value is -4.58. The fourth-order valence-corrected chi connectivity index (χ4v) is 4.99. The van der Waals surface area contributed by atoms with Gasteiger partial charge in [-0.25, -0.2) is 19.5 Å². The second-order valence-electron chi connectivity index (χ2n) is 8.97. The number of amides is 4. The third-order valence-corrected chi connectivity index (χ3v) is 7.21. The molecule has 40 heavy (non-hydrogen) atoms. The average molecular weight is 565 g/mol. The van der Waals surface area contributed by atoms with Crippen molar-refractivity contribution in [2.45, 2.75) is 38.3 Å². The maximum absolute atomic E-state index is 13.6. The molecule has 2 N–H and O–H groups in total. The lowest BCUT2D eigenvalue weighted by atomic mass is 9.91. The number of hydrogen-bond acceptors (Lipinski definition) is 9. The maximum atomic E-state index is 13.6. The van der Waals surface area contributed by atoms with Crippen molar-refractivity contribution in [1.29, 1.82) is 0 Å². The van der Waals surface area contributed by atoms with Crippen molar-refractivity contribution < 1.29 is 33.4 Å². The van der Waals surface area contributed by atoms with E-state index in [4.69, 9.17) is 4.74 Å². The van der Waals surface area contributed by atoms with E-state index in [1.807, 2.05) is 30.3 Å². The molecule has 0 aliphatic carbocycles. The number of Topliss-reactive ketones (excluding diaryl/α,β-unsaturated/α-hetero) is 1. The van der Waals surface area contributed by atoms with Crippen molar-refractivity contribution in [3.05, 3.63) is 76.8 Å². The number of aromatic nitrogens is 1. The number of nitrogens with zero attached hydrogens (tertiary/aromatic N) is 2. The van der Waals surface area contributed by atoms with Crippen LogP contribution in [0.3, 0.4) is 0 Å².